The number of methoxy groups -OCH3 is 1. The van der Waals surface area contributed by atoms with E-state index in [2.05, 4.69) is 10.6 Å². The molecule has 32 heavy (non-hydrogen) atoms. The Kier molecular flexibility index (Phi) is 8.33. The lowest BCUT2D eigenvalue weighted by molar-refractivity contribution is -0.142. The standard InChI is InChI=1S/C24H27N3O4S/c1-4-21(24(29)26-16-10-12-18(30-3)13-11-16)32-22-14-17(15-23(28)31-5-2)25-19-8-6-7-9-20(19)27-22/h6-14,21,25H,4-5,15H2,1-3H3,(H,26,29). The van der Waals surface area contributed by atoms with Gasteiger partial charge in [-0.3, -0.25) is 9.59 Å². The van der Waals surface area contributed by atoms with E-state index >= 15 is 0 Å². The van der Waals surface area contributed by atoms with E-state index in [-0.39, 0.29) is 23.5 Å². The van der Waals surface area contributed by atoms with E-state index in [0.29, 0.717) is 29.5 Å². The lowest BCUT2D eigenvalue weighted by Gasteiger charge is -2.15. The number of hydrogen-bond acceptors (Lipinski definition) is 7. The Balaban J connectivity index is 1.79. The van der Waals surface area contributed by atoms with Crippen LogP contribution < -0.4 is 15.4 Å². The Hall–Kier alpha value is -3.26. The van der Waals surface area contributed by atoms with E-state index in [9.17, 15) is 9.59 Å². The number of esters is 1. The third kappa shape index (κ3) is 6.37. The van der Waals surface area contributed by atoms with Gasteiger partial charge in [0.25, 0.3) is 0 Å². The predicted molar refractivity (Wildman–Crippen MR) is 130 cm³/mol. The topological polar surface area (TPSA) is 89.0 Å². The Bertz CT molecular complexity index is 1020. The quantitative estimate of drug-likeness (QED) is 0.538. The normalized spacial score (nSPS) is 13.5. The number of para-hydroxylation sites is 2. The second-order valence-electron chi connectivity index (χ2n) is 6.98. The molecule has 8 heteroatoms. The molecule has 0 aromatic heterocycles. The van der Waals surface area contributed by atoms with Crippen LogP contribution in [-0.2, 0) is 14.3 Å². The Labute approximate surface area is 192 Å². The minimum atomic E-state index is -0.360. The van der Waals surface area contributed by atoms with E-state index in [1.54, 1.807) is 38.3 Å². The molecule has 1 unspecified atom stereocenters. The van der Waals surface area contributed by atoms with Crippen molar-refractivity contribution in [3.8, 4) is 5.75 Å². The summed E-state index contributed by atoms with van der Waals surface area (Å²) in [6, 6.07) is 14.8. The first-order valence-corrected chi connectivity index (χ1v) is 11.3. The van der Waals surface area contributed by atoms with Crippen molar-refractivity contribution in [3.05, 3.63) is 60.3 Å². The van der Waals surface area contributed by atoms with Gasteiger partial charge in [0.2, 0.25) is 5.91 Å². The number of aliphatic imine (C=N–C) groups is 1. The summed E-state index contributed by atoms with van der Waals surface area (Å²) in [6.45, 7) is 4.05. The molecule has 0 saturated carbocycles. The van der Waals surface area contributed by atoms with Gasteiger partial charge in [-0.25, -0.2) is 4.99 Å². The molecule has 2 N–H and O–H groups in total. The highest BCUT2D eigenvalue weighted by Gasteiger charge is 2.22. The first kappa shape index (κ1) is 23.4. The maximum atomic E-state index is 12.9. The van der Waals surface area contributed by atoms with Crippen molar-refractivity contribution >= 4 is 45.7 Å². The van der Waals surface area contributed by atoms with Gasteiger partial charge in [0.05, 0.1) is 41.8 Å². The van der Waals surface area contributed by atoms with Crippen molar-refractivity contribution in [3.63, 3.8) is 0 Å². The average molecular weight is 454 g/mol. The van der Waals surface area contributed by atoms with Crippen LogP contribution in [0.4, 0.5) is 17.1 Å². The lowest BCUT2D eigenvalue weighted by Crippen LogP contribution is -2.25. The molecule has 0 radical (unpaired) electrons. The van der Waals surface area contributed by atoms with Crippen LogP contribution in [-0.4, -0.2) is 35.9 Å². The largest absolute Gasteiger partial charge is 0.497 e. The molecule has 7 nitrogen and oxygen atoms in total. The van der Waals surface area contributed by atoms with Crippen LogP contribution in [0.3, 0.4) is 0 Å². The van der Waals surface area contributed by atoms with E-state index < -0.39 is 0 Å². The molecule has 0 bridgehead atoms. The Morgan fingerprint density at radius 2 is 1.88 bits per heavy atom. The number of amides is 1. The summed E-state index contributed by atoms with van der Waals surface area (Å²) in [6.07, 6.45) is 2.52. The van der Waals surface area contributed by atoms with E-state index in [1.165, 1.54) is 11.8 Å². The van der Waals surface area contributed by atoms with Gasteiger partial charge in [-0.15, -0.1) is 0 Å². The number of nitrogens with one attached hydrogen (secondary N) is 2. The van der Waals surface area contributed by atoms with Gasteiger partial charge in [-0.05, 0) is 55.8 Å². The number of fused-ring (bicyclic) bond motifs is 1. The van der Waals surface area contributed by atoms with Gasteiger partial charge < -0.3 is 20.1 Å². The van der Waals surface area contributed by atoms with E-state index in [4.69, 9.17) is 14.5 Å². The molecule has 0 fully saturated rings. The second kappa shape index (κ2) is 11.4. The molecule has 1 amide bonds. The molecule has 0 aliphatic carbocycles. The fraction of sp³-hybridized carbons (Fsp3) is 0.292. The van der Waals surface area contributed by atoms with Crippen molar-refractivity contribution < 1.29 is 19.1 Å². The minimum Gasteiger partial charge on any atom is -0.497 e. The smallest absolute Gasteiger partial charge is 0.311 e. The number of hydrogen-bond donors (Lipinski definition) is 2. The zero-order valence-corrected chi connectivity index (χ0v) is 19.2. The van der Waals surface area contributed by atoms with Crippen molar-refractivity contribution in [1.29, 1.82) is 0 Å². The molecule has 1 aliphatic heterocycles. The summed E-state index contributed by atoms with van der Waals surface area (Å²) >= 11 is 1.37. The van der Waals surface area contributed by atoms with Crippen molar-refractivity contribution in [2.24, 2.45) is 4.99 Å². The minimum absolute atomic E-state index is 0.0938. The number of anilines is 2. The van der Waals surface area contributed by atoms with Crippen LogP contribution in [0, 0.1) is 0 Å². The SMILES string of the molecule is CCOC(=O)CC1=CC(SC(CC)C(=O)Nc2ccc(OC)cc2)=Nc2ccccc2N1. The molecular weight excluding hydrogens is 426 g/mol. The van der Waals surface area contributed by atoms with Gasteiger partial charge in [0, 0.05) is 11.4 Å². The fourth-order valence-corrected chi connectivity index (χ4v) is 4.06. The molecule has 2 aromatic carbocycles. The number of benzene rings is 2. The number of carbonyl (C=O) groups excluding carboxylic acids is 2. The van der Waals surface area contributed by atoms with Crippen LogP contribution in [0.25, 0.3) is 0 Å². The maximum absolute atomic E-state index is 12.9. The van der Waals surface area contributed by atoms with Crippen LogP contribution in [0.2, 0.25) is 0 Å². The first-order valence-electron chi connectivity index (χ1n) is 10.4. The monoisotopic (exact) mass is 453 g/mol. The highest BCUT2D eigenvalue weighted by Crippen LogP contribution is 2.32. The number of rotatable bonds is 8. The Morgan fingerprint density at radius 1 is 1.12 bits per heavy atom. The number of nitrogens with zero attached hydrogens (tertiary/aromatic N) is 1. The predicted octanol–water partition coefficient (Wildman–Crippen LogP) is 5.14. The van der Waals surface area contributed by atoms with Gasteiger partial charge in [-0.2, -0.15) is 0 Å². The first-order chi connectivity index (χ1) is 15.5. The van der Waals surface area contributed by atoms with Crippen molar-refractivity contribution in [2.45, 2.75) is 31.9 Å². The van der Waals surface area contributed by atoms with Crippen molar-refractivity contribution in [1.82, 2.24) is 0 Å². The van der Waals surface area contributed by atoms with Crippen LogP contribution in [0.1, 0.15) is 26.7 Å². The molecule has 168 valence electrons. The highest BCUT2D eigenvalue weighted by atomic mass is 32.2. The van der Waals surface area contributed by atoms with Crippen LogP contribution >= 0.6 is 11.8 Å². The van der Waals surface area contributed by atoms with Gasteiger partial charge in [-0.1, -0.05) is 30.8 Å². The summed E-state index contributed by atoms with van der Waals surface area (Å²) in [5.41, 5.74) is 2.91. The zero-order valence-electron chi connectivity index (χ0n) is 18.4. The molecular formula is C24H27N3O4S. The number of carbonyl (C=O) groups is 2. The Morgan fingerprint density at radius 3 is 2.56 bits per heavy atom. The molecule has 0 spiro atoms. The molecule has 1 aliphatic rings. The van der Waals surface area contributed by atoms with Gasteiger partial charge in [0.1, 0.15) is 5.75 Å². The third-order valence-corrected chi connectivity index (χ3v) is 5.93. The molecule has 3 rings (SSSR count). The average Bonchev–Trinajstić information content (AvgIpc) is 2.96. The number of ether oxygens (including phenoxy) is 2. The van der Waals surface area contributed by atoms with Gasteiger partial charge >= 0.3 is 5.97 Å². The van der Waals surface area contributed by atoms with Crippen LogP contribution in [0.15, 0.2) is 65.3 Å². The van der Waals surface area contributed by atoms with Crippen LogP contribution in [0.5, 0.6) is 5.75 Å². The summed E-state index contributed by atoms with van der Waals surface area (Å²) in [7, 11) is 1.60. The molecule has 1 atom stereocenters. The highest BCUT2D eigenvalue weighted by molar-refractivity contribution is 8.15. The molecule has 0 saturated heterocycles. The van der Waals surface area contributed by atoms with E-state index in [1.807, 2.05) is 37.3 Å². The summed E-state index contributed by atoms with van der Waals surface area (Å²) in [5, 5.41) is 6.51. The second-order valence-corrected chi connectivity index (χ2v) is 8.20. The maximum Gasteiger partial charge on any atom is 0.311 e. The zero-order chi connectivity index (χ0) is 22.9. The lowest BCUT2D eigenvalue weighted by atomic mass is 10.2. The summed E-state index contributed by atoms with van der Waals surface area (Å²) in [4.78, 5) is 29.7. The van der Waals surface area contributed by atoms with Gasteiger partial charge in [0.15, 0.2) is 0 Å². The number of thioether (sulfide) groups is 1. The van der Waals surface area contributed by atoms with E-state index in [0.717, 1.165) is 17.1 Å². The molecule has 2 aromatic rings. The molecule has 1 heterocycles. The fourth-order valence-electron chi connectivity index (χ4n) is 3.07. The summed E-state index contributed by atoms with van der Waals surface area (Å²) in [5.74, 6) is 0.290. The third-order valence-electron chi connectivity index (χ3n) is 4.65. The summed E-state index contributed by atoms with van der Waals surface area (Å²) < 4.78 is 10.3. The van der Waals surface area contributed by atoms with Crippen molar-refractivity contribution in [2.75, 3.05) is 24.4 Å².